The van der Waals surface area contributed by atoms with E-state index in [0.29, 0.717) is 16.9 Å². The molecule has 2 rings (SSSR count). The van der Waals surface area contributed by atoms with Gasteiger partial charge in [0, 0.05) is 6.04 Å². The Morgan fingerprint density at radius 2 is 2.24 bits per heavy atom. The monoisotopic (exact) mass is 255 g/mol. The molecule has 92 valence electrons. The molecule has 1 saturated carbocycles. The summed E-state index contributed by atoms with van der Waals surface area (Å²) in [5.41, 5.74) is 0.465. The highest BCUT2D eigenvalue weighted by molar-refractivity contribution is 7.17. The summed E-state index contributed by atoms with van der Waals surface area (Å²) in [5.74, 6) is -1.08. The maximum atomic E-state index is 11.4. The molecule has 0 radical (unpaired) electrons. The van der Waals surface area contributed by atoms with Crippen molar-refractivity contribution in [2.75, 3.05) is 11.9 Å². The molecule has 1 aromatic rings. The van der Waals surface area contributed by atoms with Gasteiger partial charge in [0.15, 0.2) is 5.13 Å². The first kappa shape index (κ1) is 11.8. The van der Waals surface area contributed by atoms with E-state index in [1.807, 2.05) is 0 Å². The fourth-order valence-corrected chi connectivity index (χ4v) is 2.13. The van der Waals surface area contributed by atoms with E-state index >= 15 is 0 Å². The van der Waals surface area contributed by atoms with Crippen LogP contribution in [0.1, 0.15) is 28.2 Å². The molecular formula is C10H13N3O3S. The number of nitrogens with one attached hydrogen (secondary N) is 2. The molecule has 0 unspecified atom stereocenters. The maximum Gasteiger partial charge on any atom is 0.347 e. The second-order valence-electron chi connectivity index (χ2n) is 3.93. The standard InChI is InChI=1S/C10H13N3O3S/c1-5-8(9(15)16)17-10(12-5)11-4-7(14)13-6-2-3-6/h6H,2-4H2,1H3,(H,11,12)(H,13,14)(H,15,16). The molecule has 0 spiro atoms. The molecule has 0 aromatic carbocycles. The Balaban J connectivity index is 1.87. The topological polar surface area (TPSA) is 91.3 Å². The molecule has 1 amide bonds. The second-order valence-corrected chi connectivity index (χ2v) is 4.93. The number of thiazole rings is 1. The largest absolute Gasteiger partial charge is 0.477 e. The van der Waals surface area contributed by atoms with Crippen molar-refractivity contribution in [3.05, 3.63) is 10.6 Å². The third-order valence-electron chi connectivity index (χ3n) is 2.33. The van der Waals surface area contributed by atoms with E-state index in [0.717, 1.165) is 24.2 Å². The van der Waals surface area contributed by atoms with E-state index in [4.69, 9.17) is 5.11 Å². The lowest BCUT2D eigenvalue weighted by Crippen LogP contribution is -2.31. The molecule has 0 atom stereocenters. The molecule has 1 aliphatic rings. The lowest BCUT2D eigenvalue weighted by Gasteiger charge is -2.03. The van der Waals surface area contributed by atoms with E-state index in [9.17, 15) is 9.59 Å². The number of aryl methyl sites for hydroxylation is 1. The Morgan fingerprint density at radius 1 is 1.53 bits per heavy atom. The van der Waals surface area contributed by atoms with E-state index < -0.39 is 5.97 Å². The first-order valence-electron chi connectivity index (χ1n) is 5.30. The number of carboxylic acid groups (broad SMARTS) is 1. The number of carbonyl (C=O) groups excluding carboxylic acids is 1. The van der Waals surface area contributed by atoms with Gasteiger partial charge in [-0.1, -0.05) is 11.3 Å². The van der Waals surface area contributed by atoms with Gasteiger partial charge in [-0.2, -0.15) is 0 Å². The number of hydrogen-bond acceptors (Lipinski definition) is 5. The molecule has 1 heterocycles. The van der Waals surface area contributed by atoms with Crippen LogP contribution in [0.4, 0.5) is 5.13 Å². The summed E-state index contributed by atoms with van der Waals surface area (Å²) in [5, 5.41) is 15.0. The number of carbonyl (C=O) groups is 2. The average molecular weight is 255 g/mol. The van der Waals surface area contributed by atoms with Crippen LogP contribution in [0.3, 0.4) is 0 Å². The molecule has 1 fully saturated rings. The number of nitrogens with zero attached hydrogens (tertiary/aromatic N) is 1. The number of aromatic carboxylic acids is 1. The van der Waals surface area contributed by atoms with Crippen LogP contribution in [0.2, 0.25) is 0 Å². The van der Waals surface area contributed by atoms with Crippen LogP contribution in [0.5, 0.6) is 0 Å². The van der Waals surface area contributed by atoms with E-state index in [1.54, 1.807) is 6.92 Å². The van der Waals surface area contributed by atoms with Gasteiger partial charge in [-0.05, 0) is 19.8 Å². The average Bonchev–Trinajstić information content (AvgIpc) is 2.97. The highest BCUT2D eigenvalue weighted by atomic mass is 32.1. The van der Waals surface area contributed by atoms with Gasteiger partial charge >= 0.3 is 5.97 Å². The quantitative estimate of drug-likeness (QED) is 0.725. The van der Waals surface area contributed by atoms with Crippen LogP contribution in [-0.4, -0.2) is 34.6 Å². The van der Waals surface area contributed by atoms with Crippen molar-refractivity contribution in [3.63, 3.8) is 0 Å². The van der Waals surface area contributed by atoms with Gasteiger partial charge in [0.1, 0.15) is 4.88 Å². The number of rotatable bonds is 5. The minimum atomic E-state index is -0.990. The summed E-state index contributed by atoms with van der Waals surface area (Å²) in [7, 11) is 0. The van der Waals surface area contributed by atoms with Crippen molar-refractivity contribution in [1.82, 2.24) is 10.3 Å². The smallest absolute Gasteiger partial charge is 0.347 e. The molecule has 0 saturated heterocycles. The zero-order chi connectivity index (χ0) is 12.4. The van der Waals surface area contributed by atoms with Gasteiger partial charge < -0.3 is 15.7 Å². The molecule has 7 heteroatoms. The number of carboxylic acids is 1. The molecule has 0 aliphatic heterocycles. The van der Waals surface area contributed by atoms with Gasteiger partial charge in [0.05, 0.1) is 12.2 Å². The summed E-state index contributed by atoms with van der Waals surface area (Å²) in [6, 6.07) is 0.330. The van der Waals surface area contributed by atoms with Crippen molar-refractivity contribution >= 4 is 28.3 Å². The van der Waals surface area contributed by atoms with Gasteiger partial charge in [-0.3, -0.25) is 4.79 Å². The van der Waals surface area contributed by atoms with Crippen LogP contribution in [0.25, 0.3) is 0 Å². The van der Waals surface area contributed by atoms with Gasteiger partial charge in [-0.15, -0.1) is 0 Å². The third kappa shape index (κ3) is 3.16. The number of amides is 1. The zero-order valence-electron chi connectivity index (χ0n) is 9.32. The first-order chi connectivity index (χ1) is 8.06. The van der Waals surface area contributed by atoms with Crippen LogP contribution >= 0.6 is 11.3 Å². The van der Waals surface area contributed by atoms with Crippen molar-refractivity contribution in [3.8, 4) is 0 Å². The second kappa shape index (κ2) is 4.70. The molecule has 6 nitrogen and oxygen atoms in total. The van der Waals surface area contributed by atoms with E-state index in [2.05, 4.69) is 15.6 Å². The van der Waals surface area contributed by atoms with E-state index in [1.165, 1.54) is 0 Å². The fourth-order valence-electron chi connectivity index (χ4n) is 1.33. The lowest BCUT2D eigenvalue weighted by molar-refractivity contribution is -0.119. The highest BCUT2D eigenvalue weighted by Crippen LogP contribution is 2.22. The van der Waals surface area contributed by atoms with Gasteiger partial charge in [-0.25, -0.2) is 9.78 Å². The molecular weight excluding hydrogens is 242 g/mol. The minimum absolute atomic E-state index is 0.0859. The third-order valence-corrected chi connectivity index (χ3v) is 3.44. The molecule has 1 aromatic heterocycles. The zero-order valence-corrected chi connectivity index (χ0v) is 10.1. The Labute approximate surface area is 102 Å². The van der Waals surface area contributed by atoms with Crippen molar-refractivity contribution in [2.24, 2.45) is 0 Å². The van der Waals surface area contributed by atoms with Crippen molar-refractivity contribution < 1.29 is 14.7 Å². The van der Waals surface area contributed by atoms with Crippen LogP contribution in [-0.2, 0) is 4.79 Å². The molecule has 3 N–H and O–H groups in total. The summed E-state index contributed by atoms with van der Waals surface area (Å²) in [6.07, 6.45) is 2.09. The van der Waals surface area contributed by atoms with Crippen molar-refractivity contribution in [1.29, 1.82) is 0 Å². The SMILES string of the molecule is Cc1nc(NCC(=O)NC2CC2)sc1C(=O)O. The summed E-state index contributed by atoms with van der Waals surface area (Å²) in [4.78, 5) is 26.4. The summed E-state index contributed by atoms with van der Waals surface area (Å²) >= 11 is 1.04. The molecule has 17 heavy (non-hydrogen) atoms. The number of aromatic nitrogens is 1. The van der Waals surface area contributed by atoms with Gasteiger partial charge in [0.25, 0.3) is 0 Å². The highest BCUT2D eigenvalue weighted by Gasteiger charge is 2.23. The predicted octanol–water partition coefficient (Wildman–Crippen LogP) is 0.840. The summed E-state index contributed by atoms with van der Waals surface area (Å²) in [6.45, 7) is 1.76. The Morgan fingerprint density at radius 3 is 2.76 bits per heavy atom. The Bertz CT molecular complexity index is 454. The minimum Gasteiger partial charge on any atom is -0.477 e. The Hall–Kier alpha value is -1.63. The normalized spacial score (nSPS) is 14.4. The van der Waals surface area contributed by atoms with Crippen LogP contribution < -0.4 is 10.6 Å². The fraction of sp³-hybridized carbons (Fsp3) is 0.500. The van der Waals surface area contributed by atoms with Crippen LogP contribution in [0.15, 0.2) is 0 Å². The maximum absolute atomic E-state index is 11.4. The van der Waals surface area contributed by atoms with Crippen molar-refractivity contribution in [2.45, 2.75) is 25.8 Å². The molecule has 0 bridgehead atoms. The van der Waals surface area contributed by atoms with Gasteiger partial charge in [0.2, 0.25) is 5.91 Å². The lowest BCUT2D eigenvalue weighted by atomic mass is 10.4. The van der Waals surface area contributed by atoms with Crippen LogP contribution in [0, 0.1) is 6.92 Å². The Kier molecular flexibility index (Phi) is 3.28. The first-order valence-corrected chi connectivity index (χ1v) is 6.12. The summed E-state index contributed by atoms with van der Waals surface area (Å²) < 4.78 is 0. The van der Waals surface area contributed by atoms with E-state index in [-0.39, 0.29) is 17.3 Å². The number of anilines is 1. The predicted molar refractivity (Wildman–Crippen MR) is 63.5 cm³/mol. The molecule has 1 aliphatic carbocycles. The number of hydrogen-bond donors (Lipinski definition) is 3.